The number of carbonyl (C=O) groups excluding carboxylic acids is 1. The minimum Gasteiger partial charge on any atom is -0.496 e. The van der Waals surface area contributed by atoms with Crippen LogP contribution in [0.3, 0.4) is 0 Å². The SMILES string of the molecule is COc1cccc2c1C1CN(CCNC(=O)c3ccc(F)cc3)CC1CC2. The number of amides is 1. The second kappa shape index (κ2) is 7.69. The molecule has 0 saturated carbocycles. The summed E-state index contributed by atoms with van der Waals surface area (Å²) in [4.78, 5) is 14.6. The summed E-state index contributed by atoms with van der Waals surface area (Å²) in [6, 6.07) is 12.0. The predicted molar refractivity (Wildman–Crippen MR) is 103 cm³/mol. The standard InChI is InChI=1S/C22H25FN2O2/c1-27-20-4-2-3-15-5-6-17-13-25(14-19(17)21(15)20)12-11-24-22(26)16-7-9-18(23)10-8-16/h2-4,7-10,17,19H,5-6,11-14H2,1H3,(H,24,26). The van der Waals surface area contributed by atoms with Crippen LogP contribution >= 0.6 is 0 Å². The molecule has 2 unspecified atom stereocenters. The van der Waals surface area contributed by atoms with E-state index in [-0.39, 0.29) is 11.7 Å². The molecule has 2 aliphatic rings. The fourth-order valence-electron chi connectivity index (χ4n) is 4.54. The van der Waals surface area contributed by atoms with Crippen molar-refractivity contribution in [3.63, 3.8) is 0 Å². The van der Waals surface area contributed by atoms with Gasteiger partial charge in [-0.3, -0.25) is 4.79 Å². The van der Waals surface area contributed by atoms with Gasteiger partial charge in [0.2, 0.25) is 0 Å². The second-order valence-corrected chi connectivity index (χ2v) is 7.46. The van der Waals surface area contributed by atoms with E-state index in [1.54, 1.807) is 7.11 Å². The van der Waals surface area contributed by atoms with Crippen molar-refractivity contribution in [3.05, 3.63) is 65.0 Å². The summed E-state index contributed by atoms with van der Waals surface area (Å²) in [5, 5.41) is 2.94. The third-order valence-electron chi connectivity index (χ3n) is 5.87. The molecule has 0 aromatic heterocycles. The molecule has 0 bridgehead atoms. The maximum absolute atomic E-state index is 13.0. The van der Waals surface area contributed by atoms with E-state index in [0.717, 1.165) is 31.8 Å². The third kappa shape index (κ3) is 3.69. The molecular formula is C22H25FN2O2. The van der Waals surface area contributed by atoms with E-state index in [1.165, 1.54) is 41.8 Å². The van der Waals surface area contributed by atoms with Crippen LogP contribution in [0.4, 0.5) is 4.39 Å². The van der Waals surface area contributed by atoms with Gasteiger partial charge in [0.1, 0.15) is 11.6 Å². The molecule has 1 fully saturated rings. The third-order valence-corrected chi connectivity index (χ3v) is 5.87. The average Bonchev–Trinajstić information content (AvgIpc) is 3.11. The maximum atomic E-state index is 13.0. The molecule has 1 aliphatic carbocycles. The number of rotatable bonds is 5. The van der Waals surface area contributed by atoms with Gasteiger partial charge in [0.15, 0.2) is 0 Å². The van der Waals surface area contributed by atoms with Crippen LogP contribution in [0, 0.1) is 11.7 Å². The van der Waals surface area contributed by atoms with Crippen molar-refractivity contribution in [2.45, 2.75) is 18.8 Å². The van der Waals surface area contributed by atoms with Crippen molar-refractivity contribution in [1.29, 1.82) is 0 Å². The highest BCUT2D eigenvalue weighted by molar-refractivity contribution is 5.94. The van der Waals surface area contributed by atoms with Crippen LogP contribution in [-0.2, 0) is 6.42 Å². The van der Waals surface area contributed by atoms with Gasteiger partial charge in [0, 0.05) is 43.2 Å². The van der Waals surface area contributed by atoms with Gasteiger partial charge in [-0.1, -0.05) is 12.1 Å². The highest BCUT2D eigenvalue weighted by Gasteiger charge is 2.38. The summed E-state index contributed by atoms with van der Waals surface area (Å²) in [6.45, 7) is 3.48. The summed E-state index contributed by atoms with van der Waals surface area (Å²) in [7, 11) is 1.75. The van der Waals surface area contributed by atoms with E-state index < -0.39 is 0 Å². The van der Waals surface area contributed by atoms with Gasteiger partial charge in [-0.05, 0) is 54.7 Å². The lowest BCUT2D eigenvalue weighted by atomic mass is 9.76. The van der Waals surface area contributed by atoms with Crippen molar-refractivity contribution >= 4 is 5.91 Å². The van der Waals surface area contributed by atoms with E-state index in [0.29, 0.717) is 23.9 Å². The van der Waals surface area contributed by atoms with Crippen molar-refractivity contribution in [3.8, 4) is 5.75 Å². The van der Waals surface area contributed by atoms with Gasteiger partial charge in [0.05, 0.1) is 7.11 Å². The molecule has 4 rings (SSSR count). The molecule has 2 aromatic carbocycles. The van der Waals surface area contributed by atoms with Crippen molar-refractivity contribution in [2.24, 2.45) is 5.92 Å². The smallest absolute Gasteiger partial charge is 0.251 e. The Morgan fingerprint density at radius 2 is 2.04 bits per heavy atom. The van der Waals surface area contributed by atoms with Crippen LogP contribution in [0.15, 0.2) is 42.5 Å². The Hall–Kier alpha value is -2.40. The number of hydrogen-bond acceptors (Lipinski definition) is 3. The summed E-state index contributed by atoms with van der Waals surface area (Å²) < 4.78 is 18.6. The Kier molecular flexibility index (Phi) is 5.12. The summed E-state index contributed by atoms with van der Waals surface area (Å²) >= 11 is 0. The summed E-state index contributed by atoms with van der Waals surface area (Å²) in [5.74, 6) is 1.69. The van der Waals surface area contributed by atoms with Crippen LogP contribution in [0.1, 0.15) is 33.8 Å². The lowest BCUT2D eigenvalue weighted by molar-refractivity contribution is 0.0949. The number of ether oxygens (including phenoxy) is 1. The Bertz CT molecular complexity index is 807. The normalized spacial score (nSPS) is 21.4. The van der Waals surface area contributed by atoms with Crippen LogP contribution in [0.2, 0.25) is 0 Å². The largest absolute Gasteiger partial charge is 0.496 e. The monoisotopic (exact) mass is 368 g/mol. The molecule has 1 heterocycles. The molecule has 1 aliphatic heterocycles. The van der Waals surface area contributed by atoms with Gasteiger partial charge in [-0.15, -0.1) is 0 Å². The minimum atomic E-state index is -0.332. The average molecular weight is 368 g/mol. The fraction of sp³-hybridized carbons (Fsp3) is 0.409. The number of aryl methyl sites for hydroxylation is 1. The lowest BCUT2D eigenvalue weighted by Crippen LogP contribution is -2.34. The van der Waals surface area contributed by atoms with Crippen molar-refractivity contribution < 1.29 is 13.9 Å². The van der Waals surface area contributed by atoms with Crippen molar-refractivity contribution in [2.75, 3.05) is 33.3 Å². The fourth-order valence-corrected chi connectivity index (χ4v) is 4.54. The highest BCUT2D eigenvalue weighted by atomic mass is 19.1. The number of hydrogen-bond donors (Lipinski definition) is 1. The van der Waals surface area contributed by atoms with Crippen LogP contribution in [-0.4, -0.2) is 44.1 Å². The first-order valence-corrected chi connectivity index (χ1v) is 9.57. The minimum absolute atomic E-state index is 0.154. The highest BCUT2D eigenvalue weighted by Crippen LogP contribution is 2.45. The quantitative estimate of drug-likeness (QED) is 0.881. The zero-order chi connectivity index (χ0) is 18.8. The number of carbonyl (C=O) groups is 1. The molecule has 2 atom stereocenters. The number of likely N-dealkylation sites (tertiary alicyclic amines) is 1. The summed E-state index contributed by atoms with van der Waals surface area (Å²) in [5.41, 5.74) is 3.29. The molecule has 2 aromatic rings. The van der Waals surface area contributed by atoms with E-state index in [2.05, 4.69) is 28.4 Å². The van der Waals surface area contributed by atoms with E-state index in [1.807, 2.05) is 0 Å². The van der Waals surface area contributed by atoms with Crippen molar-refractivity contribution in [1.82, 2.24) is 10.2 Å². The molecular weight excluding hydrogens is 343 g/mol. The van der Waals surface area contributed by atoms with Crippen LogP contribution in [0.25, 0.3) is 0 Å². The predicted octanol–water partition coefficient (Wildman–Crippen LogP) is 3.23. The first-order valence-electron chi connectivity index (χ1n) is 9.57. The zero-order valence-corrected chi connectivity index (χ0v) is 15.6. The van der Waals surface area contributed by atoms with Gasteiger partial charge in [0.25, 0.3) is 5.91 Å². The number of nitrogens with one attached hydrogen (secondary N) is 1. The van der Waals surface area contributed by atoms with Gasteiger partial charge < -0.3 is 15.0 Å². The maximum Gasteiger partial charge on any atom is 0.251 e. The Balaban J connectivity index is 1.35. The molecule has 5 heteroatoms. The number of methoxy groups -OCH3 is 1. The molecule has 142 valence electrons. The molecule has 1 amide bonds. The van der Waals surface area contributed by atoms with Crippen LogP contribution < -0.4 is 10.1 Å². The first-order chi connectivity index (χ1) is 13.2. The van der Waals surface area contributed by atoms with Gasteiger partial charge in [-0.2, -0.15) is 0 Å². The van der Waals surface area contributed by atoms with Gasteiger partial charge in [-0.25, -0.2) is 4.39 Å². The number of nitrogens with zero attached hydrogens (tertiary/aromatic N) is 1. The molecule has 27 heavy (non-hydrogen) atoms. The van der Waals surface area contributed by atoms with E-state index in [4.69, 9.17) is 4.74 Å². The molecule has 4 nitrogen and oxygen atoms in total. The molecule has 1 N–H and O–H groups in total. The Labute approximate surface area is 159 Å². The molecule has 0 radical (unpaired) electrons. The first kappa shape index (κ1) is 18.0. The lowest BCUT2D eigenvalue weighted by Gasteiger charge is -2.28. The molecule has 0 spiro atoms. The Morgan fingerprint density at radius 3 is 2.81 bits per heavy atom. The zero-order valence-electron chi connectivity index (χ0n) is 15.6. The Morgan fingerprint density at radius 1 is 1.22 bits per heavy atom. The topological polar surface area (TPSA) is 41.6 Å². The molecule has 1 saturated heterocycles. The second-order valence-electron chi connectivity index (χ2n) is 7.46. The summed E-state index contributed by atoms with van der Waals surface area (Å²) in [6.07, 6.45) is 2.33. The number of halogens is 1. The van der Waals surface area contributed by atoms with E-state index >= 15 is 0 Å². The van der Waals surface area contributed by atoms with Gasteiger partial charge >= 0.3 is 0 Å². The number of benzene rings is 2. The number of fused-ring (bicyclic) bond motifs is 3. The van der Waals surface area contributed by atoms with Crippen LogP contribution in [0.5, 0.6) is 5.75 Å². The van der Waals surface area contributed by atoms with E-state index in [9.17, 15) is 9.18 Å².